The molecule has 0 saturated carbocycles. The summed E-state index contributed by atoms with van der Waals surface area (Å²) in [5.41, 5.74) is 6.93. The van der Waals surface area contributed by atoms with Crippen molar-refractivity contribution in [3.63, 3.8) is 0 Å². The van der Waals surface area contributed by atoms with Crippen LogP contribution < -0.4 is 10.2 Å². The zero-order valence-electron chi connectivity index (χ0n) is 19.6. The summed E-state index contributed by atoms with van der Waals surface area (Å²) in [5, 5.41) is 5.18. The molecule has 36 heavy (non-hydrogen) atoms. The van der Waals surface area contributed by atoms with E-state index in [2.05, 4.69) is 20.5 Å². The molecule has 3 aromatic carbocycles. The third kappa shape index (κ3) is 5.05. The van der Waals surface area contributed by atoms with Gasteiger partial charge in [-0.3, -0.25) is 5.43 Å². The number of hydrogen-bond acceptors (Lipinski definition) is 5. The predicted octanol–water partition coefficient (Wildman–Crippen LogP) is 5.98. The quantitative estimate of drug-likeness (QED) is 0.374. The van der Waals surface area contributed by atoms with Crippen molar-refractivity contribution in [1.29, 1.82) is 0 Å². The Balaban J connectivity index is 1.28. The highest BCUT2D eigenvalue weighted by Crippen LogP contribution is 2.31. The topological polar surface area (TPSA) is 71.8 Å². The standard InChI is InChI=1S/C27H22F3N5O/c1-16-10-23-21(24(11-16)36-2)15-31-25(33-23)12-17-6-8-18(9-7-17)22-14-26(35-34-22)32-20-5-3-4-19(13-20)27(28,29)30/h3-11,13,15H,12,14H2,1-2H3,(H,32,35). The molecule has 1 aliphatic rings. The van der Waals surface area contributed by atoms with Gasteiger partial charge in [-0.15, -0.1) is 0 Å². The molecule has 0 bridgehead atoms. The Morgan fingerprint density at radius 3 is 2.61 bits per heavy atom. The van der Waals surface area contributed by atoms with E-state index >= 15 is 0 Å². The van der Waals surface area contributed by atoms with Crippen molar-refractivity contribution in [2.24, 2.45) is 10.1 Å². The van der Waals surface area contributed by atoms with Crippen molar-refractivity contribution in [3.8, 4) is 5.75 Å². The molecule has 0 saturated heterocycles. The number of rotatable bonds is 5. The second-order valence-corrected chi connectivity index (χ2v) is 8.51. The molecule has 0 unspecified atom stereocenters. The maximum Gasteiger partial charge on any atom is 0.416 e. The van der Waals surface area contributed by atoms with E-state index in [0.717, 1.165) is 51.2 Å². The van der Waals surface area contributed by atoms with E-state index in [-0.39, 0.29) is 5.69 Å². The fourth-order valence-electron chi connectivity index (χ4n) is 4.04. The lowest BCUT2D eigenvalue weighted by molar-refractivity contribution is -0.137. The minimum atomic E-state index is -4.41. The number of benzene rings is 3. The van der Waals surface area contributed by atoms with Crippen LogP contribution in [-0.4, -0.2) is 28.6 Å². The van der Waals surface area contributed by atoms with Gasteiger partial charge in [0.05, 0.1) is 41.4 Å². The van der Waals surface area contributed by atoms with Crippen LogP contribution in [0.2, 0.25) is 0 Å². The summed E-state index contributed by atoms with van der Waals surface area (Å²) in [5.74, 6) is 1.95. The number of amidine groups is 1. The first kappa shape index (κ1) is 23.5. The molecule has 2 heterocycles. The van der Waals surface area contributed by atoms with Gasteiger partial charge in [-0.2, -0.15) is 18.3 Å². The summed E-state index contributed by atoms with van der Waals surface area (Å²) in [6.45, 7) is 2.00. The maximum atomic E-state index is 13.0. The lowest BCUT2D eigenvalue weighted by atomic mass is 10.0. The zero-order chi connectivity index (χ0) is 25.3. The van der Waals surface area contributed by atoms with Gasteiger partial charge in [-0.1, -0.05) is 30.3 Å². The molecule has 0 amide bonds. The van der Waals surface area contributed by atoms with E-state index in [1.54, 1.807) is 13.3 Å². The molecule has 1 aromatic heterocycles. The zero-order valence-corrected chi connectivity index (χ0v) is 19.6. The number of nitrogens with one attached hydrogen (secondary N) is 1. The molecular weight excluding hydrogens is 467 g/mol. The number of nitrogens with zero attached hydrogens (tertiary/aromatic N) is 4. The van der Waals surface area contributed by atoms with E-state index in [1.807, 2.05) is 43.3 Å². The second kappa shape index (κ2) is 9.41. The minimum Gasteiger partial charge on any atom is -0.496 e. The monoisotopic (exact) mass is 489 g/mol. The Morgan fingerprint density at radius 1 is 1.06 bits per heavy atom. The first-order valence-corrected chi connectivity index (χ1v) is 11.3. The Kier molecular flexibility index (Phi) is 6.13. The summed E-state index contributed by atoms with van der Waals surface area (Å²) in [6.07, 6.45) is -1.66. The van der Waals surface area contributed by atoms with E-state index in [9.17, 15) is 13.2 Å². The number of hydrogen-bond donors (Lipinski definition) is 1. The summed E-state index contributed by atoms with van der Waals surface area (Å²) >= 11 is 0. The second-order valence-electron chi connectivity index (χ2n) is 8.51. The van der Waals surface area contributed by atoms with Crippen molar-refractivity contribution >= 4 is 28.1 Å². The van der Waals surface area contributed by atoms with Crippen molar-refractivity contribution in [1.82, 2.24) is 15.4 Å². The molecule has 1 aliphatic heterocycles. The maximum absolute atomic E-state index is 13.0. The van der Waals surface area contributed by atoms with Gasteiger partial charge in [-0.05, 0) is 53.9 Å². The van der Waals surface area contributed by atoms with E-state index < -0.39 is 11.7 Å². The molecule has 0 aliphatic carbocycles. The molecular formula is C27H22F3N5O. The summed E-state index contributed by atoms with van der Waals surface area (Å²) in [6, 6.07) is 16.8. The van der Waals surface area contributed by atoms with Crippen LogP contribution >= 0.6 is 0 Å². The fourth-order valence-corrected chi connectivity index (χ4v) is 4.04. The number of methoxy groups -OCH3 is 1. The van der Waals surface area contributed by atoms with Crippen LogP contribution in [0, 0.1) is 6.92 Å². The summed E-state index contributed by atoms with van der Waals surface area (Å²) in [4.78, 5) is 13.5. The van der Waals surface area contributed by atoms with Crippen LogP contribution in [0.4, 0.5) is 18.9 Å². The number of hydrazone groups is 1. The Labute approximate surface area is 205 Å². The number of halogens is 3. The number of aromatic nitrogens is 2. The highest BCUT2D eigenvalue weighted by Gasteiger charge is 2.30. The largest absolute Gasteiger partial charge is 0.496 e. The number of fused-ring (bicyclic) bond motifs is 1. The molecule has 0 radical (unpaired) electrons. The van der Waals surface area contributed by atoms with Crippen molar-refractivity contribution in [2.45, 2.75) is 25.9 Å². The third-order valence-electron chi connectivity index (χ3n) is 5.82. The number of aliphatic imine (C=N–C) groups is 1. The number of aryl methyl sites for hydroxylation is 1. The summed E-state index contributed by atoms with van der Waals surface area (Å²) < 4.78 is 44.3. The minimum absolute atomic E-state index is 0.224. The van der Waals surface area contributed by atoms with E-state index in [1.165, 1.54) is 12.1 Å². The molecule has 1 N–H and O–H groups in total. The molecule has 5 rings (SSSR count). The van der Waals surface area contributed by atoms with Gasteiger partial charge < -0.3 is 4.74 Å². The smallest absolute Gasteiger partial charge is 0.416 e. The summed E-state index contributed by atoms with van der Waals surface area (Å²) in [7, 11) is 1.63. The molecule has 6 nitrogen and oxygen atoms in total. The van der Waals surface area contributed by atoms with E-state index in [0.29, 0.717) is 24.5 Å². The van der Waals surface area contributed by atoms with Crippen molar-refractivity contribution < 1.29 is 17.9 Å². The average Bonchev–Trinajstić information content (AvgIpc) is 3.32. The van der Waals surface area contributed by atoms with Gasteiger partial charge in [0, 0.05) is 12.6 Å². The van der Waals surface area contributed by atoms with Crippen LogP contribution in [0.3, 0.4) is 0 Å². The number of alkyl halides is 3. The molecule has 0 spiro atoms. The first-order valence-electron chi connectivity index (χ1n) is 11.3. The predicted molar refractivity (Wildman–Crippen MR) is 133 cm³/mol. The highest BCUT2D eigenvalue weighted by molar-refractivity contribution is 6.15. The lowest BCUT2D eigenvalue weighted by Crippen LogP contribution is -2.10. The van der Waals surface area contributed by atoms with Crippen LogP contribution in [0.25, 0.3) is 10.9 Å². The molecule has 4 aromatic rings. The third-order valence-corrected chi connectivity index (χ3v) is 5.82. The Bertz CT molecular complexity index is 1490. The number of ether oxygens (including phenoxy) is 1. The van der Waals surface area contributed by atoms with Gasteiger partial charge in [0.15, 0.2) is 0 Å². The Hall–Kier alpha value is -4.27. The SMILES string of the molecule is COc1cc(C)cc2nc(Cc3ccc(C4=NNC(=Nc5cccc(C(F)(F)F)c5)C4)cc3)ncc12. The van der Waals surface area contributed by atoms with Crippen molar-refractivity contribution in [3.05, 3.63) is 94.9 Å². The first-order chi connectivity index (χ1) is 17.3. The normalized spacial score (nSPS) is 14.7. The van der Waals surface area contributed by atoms with Crippen LogP contribution in [0.5, 0.6) is 5.75 Å². The van der Waals surface area contributed by atoms with Crippen LogP contribution in [-0.2, 0) is 12.6 Å². The van der Waals surface area contributed by atoms with Gasteiger partial charge in [0.2, 0.25) is 0 Å². The molecule has 9 heteroatoms. The Morgan fingerprint density at radius 2 is 1.86 bits per heavy atom. The van der Waals surface area contributed by atoms with Crippen LogP contribution in [0.15, 0.2) is 77.0 Å². The van der Waals surface area contributed by atoms with E-state index in [4.69, 9.17) is 9.72 Å². The fraction of sp³-hybridized carbons (Fsp3) is 0.185. The van der Waals surface area contributed by atoms with Gasteiger partial charge >= 0.3 is 6.18 Å². The molecule has 0 atom stereocenters. The highest BCUT2D eigenvalue weighted by atomic mass is 19.4. The van der Waals surface area contributed by atoms with Crippen LogP contribution in [0.1, 0.15) is 34.5 Å². The van der Waals surface area contributed by atoms with Gasteiger partial charge in [-0.25, -0.2) is 15.0 Å². The molecule has 0 fully saturated rings. The molecule has 182 valence electrons. The van der Waals surface area contributed by atoms with Gasteiger partial charge in [0.25, 0.3) is 0 Å². The average molecular weight is 490 g/mol. The lowest BCUT2D eigenvalue weighted by Gasteiger charge is -2.08. The van der Waals surface area contributed by atoms with Gasteiger partial charge in [0.1, 0.15) is 17.4 Å². The van der Waals surface area contributed by atoms with Crippen molar-refractivity contribution in [2.75, 3.05) is 7.11 Å².